The number of rotatable bonds is 2. The second-order valence-corrected chi connectivity index (χ2v) is 5.14. The zero-order chi connectivity index (χ0) is 13.4. The van der Waals surface area contributed by atoms with E-state index in [1.165, 1.54) is 6.07 Å². The second-order valence-electron chi connectivity index (χ2n) is 4.32. The molecular weight excluding hydrogens is 284 g/mol. The molecule has 2 aromatic carbocycles. The van der Waals surface area contributed by atoms with E-state index in [0.29, 0.717) is 22.2 Å². The Bertz CT molecular complexity index is 729. The van der Waals surface area contributed by atoms with Crippen molar-refractivity contribution in [2.75, 3.05) is 0 Å². The summed E-state index contributed by atoms with van der Waals surface area (Å²) in [6, 6.07) is 12.3. The normalized spacial score (nSPS) is 11.1. The van der Waals surface area contributed by atoms with Gasteiger partial charge in [0, 0.05) is 22.2 Å². The first-order valence-electron chi connectivity index (χ1n) is 5.83. The summed E-state index contributed by atoms with van der Waals surface area (Å²) in [7, 11) is 0. The lowest BCUT2D eigenvalue weighted by atomic mass is 10.2. The van der Waals surface area contributed by atoms with Gasteiger partial charge >= 0.3 is 0 Å². The molecule has 0 spiro atoms. The highest BCUT2D eigenvalue weighted by Crippen LogP contribution is 2.27. The first-order valence-corrected chi connectivity index (χ1v) is 6.58. The van der Waals surface area contributed by atoms with Gasteiger partial charge in [-0.25, -0.2) is 4.39 Å². The van der Waals surface area contributed by atoms with Gasteiger partial charge in [-0.1, -0.05) is 41.4 Å². The summed E-state index contributed by atoms with van der Waals surface area (Å²) in [6.45, 7) is 0.360. The average Bonchev–Trinajstić information content (AvgIpc) is 2.79. The predicted octanol–water partition coefficient (Wildman–Crippen LogP) is 5.14. The number of hydrogen-bond donors (Lipinski definition) is 0. The third-order valence-corrected chi connectivity index (χ3v) is 3.79. The number of benzene rings is 2. The molecule has 0 aliphatic rings. The number of nitrogens with zero attached hydrogens (tertiary/aromatic N) is 1. The van der Waals surface area contributed by atoms with Crippen molar-refractivity contribution in [3.05, 3.63) is 70.1 Å². The van der Waals surface area contributed by atoms with Gasteiger partial charge in [-0.05, 0) is 24.3 Å². The van der Waals surface area contributed by atoms with E-state index in [4.69, 9.17) is 23.2 Å². The lowest BCUT2D eigenvalue weighted by molar-refractivity contribution is 0.602. The largest absolute Gasteiger partial charge is 0.342 e. The van der Waals surface area contributed by atoms with Crippen molar-refractivity contribution in [1.82, 2.24) is 4.57 Å². The van der Waals surface area contributed by atoms with Crippen LogP contribution in [0, 0.1) is 5.82 Å². The lowest BCUT2D eigenvalue weighted by Crippen LogP contribution is -2.01. The van der Waals surface area contributed by atoms with Crippen LogP contribution < -0.4 is 0 Å². The molecule has 0 aliphatic heterocycles. The Kier molecular flexibility index (Phi) is 3.21. The molecule has 0 radical (unpaired) electrons. The van der Waals surface area contributed by atoms with E-state index in [2.05, 4.69) is 0 Å². The molecule has 0 unspecified atom stereocenters. The van der Waals surface area contributed by atoms with E-state index in [-0.39, 0.29) is 5.82 Å². The van der Waals surface area contributed by atoms with Gasteiger partial charge in [0.15, 0.2) is 0 Å². The molecule has 1 aromatic heterocycles. The van der Waals surface area contributed by atoms with Crippen LogP contribution in [-0.2, 0) is 6.54 Å². The van der Waals surface area contributed by atoms with Crippen LogP contribution in [0.3, 0.4) is 0 Å². The molecule has 0 bridgehead atoms. The minimum atomic E-state index is -0.304. The van der Waals surface area contributed by atoms with Crippen LogP contribution in [0.25, 0.3) is 10.9 Å². The molecule has 0 aliphatic carbocycles. The second kappa shape index (κ2) is 4.87. The number of fused-ring (bicyclic) bond motifs is 1. The van der Waals surface area contributed by atoms with Crippen molar-refractivity contribution in [2.24, 2.45) is 0 Å². The van der Waals surface area contributed by atoms with Gasteiger partial charge in [-0.3, -0.25) is 0 Å². The van der Waals surface area contributed by atoms with E-state index in [9.17, 15) is 4.39 Å². The van der Waals surface area contributed by atoms with Gasteiger partial charge in [0.25, 0.3) is 0 Å². The van der Waals surface area contributed by atoms with Crippen LogP contribution in [0.5, 0.6) is 0 Å². The summed E-state index contributed by atoms with van der Waals surface area (Å²) < 4.78 is 15.7. The number of halogens is 3. The quantitative estimate of drug-likeness (QED) is 0.617. The van der Waals surface area contributed by atoms with Crippen LogP contribution in [0.2, 0.25) is 10.0 Å². The predicted molar refractivity (Wildman–Crippen MR) is 77.5 cm³/mol. The lowest BCUT2D eigenvalue weighted by Gasteiger charge is -2.09. The fourth-order valence-electron chi connectivity index (χ4n) is 2.20. The van der Waals surface area contributed by atoms with Crippen molar-refractivity contribution < 1.29 is 4.39 Å². The van der Waals surface area contributed by atoms with Gasteiger partial charge in [0.2, 0.25) is 0 Å². The van der Waals surface area contributed by atoms with Crippen molar-refractivity contribution in [2.45, 2.75) is 6.54 Å². The van der Waals surface area contributed by atoms with E-state index in [1.807, 2.05) is 35.0 Å². The van der Waals surface area contributed by atoms with Gasteiger partial charge in [-0.2, -0.15) is 0 Å². The summed E-state index contributed by atoms with van der Waals surface area (Å²) in [5.74, 6) is -0.304. The van der Waals surface area contributed by atoms with Crippen LogP contribution >= 0.6 is 23.2 Å². The summed E-state index contributed by atoms with van der Waals surface area (Å²) in [4.78, 5) is 0. The summed E-state index contributed by atoms with van der Waals surface area (Å²) in [6.07, 6.45) is 1.89. The molecule has 0 saturated heterocycles. The van der Waals surface area contributed by atoms with E-state index in [0.717, 1.165) is 10.9 Å². The SMILES string of the molecule is Fc1cccc(Cl)c1Cn1ccc2cccc(Cl)c21. The Morgan fingerprint density at radius 1 is 0.947 bits per heavy atom. The van der Waals surface area contributed by atoms with Gasteiger partial charge < -0.3 is 4.57 Å². The zero-order valence-electron chi connectivity index (χ0n) is 9.91. The summed E-state index contributed by atoms with van der Waals surface area (Å²) in [5, 5.41) is 2.10. The molecule has 96 valence electrons. The van der Waals surface area contributed by atoms with Crippen molar-refractivity contribution in [1.29, 1.82) is 0 Å². The van der Waals surface area contributed by atoms with Gasteiger partial charge in [0.1, 0.15) is 5.82 Å². The van der Waals surface area contributed by atoms with Crippen LogP contribution in [0.4, 0.5) is 4.39 Å². The topological polar surface area (TPSA) is 4.93 Å². The monoisotopic (exact) mass is 293 g/mol. The maximum atomic E-state index is 13.8. The minimum absolute atomic E-state index is 0.304. The molecule has 0 saturated carbocycles. The molecular formula is C15H10Cl2FN. The summed E-state index contributed by atoms with van der Waals surface area (Å²) >= 11 is 12.3. The average molecular weight is 294 g/mol. The number of hydrogen-bond acceptors (Lipinski definition) is 0. The van der Waals surface area contributed by atoms with Gasteiger partial charge in [0.05, 0.1) is 17.1 Å². The third-order valence-electron chi connectivity index (χ3n) is 3.13. The highest BCUT2D eigenvalue weighted by Gasteiger charge is 2.10. The molecule has 0 fully saturated rings. The molecule has 1 nitrogen and oxygen atoms in total. The Morgan fingerprint density at radius 2 is 1.68 bits per heavy atom. The molecule has 3 aromatic rings. The Labute approximate surface area is 120 Å². The Morgan fingerprint density at radius 3 is 2.47 bits per heavy atom. The minimum Gasteiger partial charge on any atom is -0.342 e. The van der Waals surface area contributed by atoms with Crippen molar-refractivity contribution in [3.8, 4) is 0 Å². The zero-order valence-corrected chi connectivity index (χ0v) is 11.4. The maximum Gasteiger partial charge on any atom is 0.129 e. The molecule has 3 rings (SSSR count). The standard InChI is InChI=1S/C15H10Cl2FN/c16-12-4-2-6-14(18)11(12)9-19-8-7-10-3-1-5-13(17)15(10)19/h1-8H,9H2. The van der Waals surface area contributed by atoms with E-state index < -0.39 is 0 Å². The maximum absolute atomic E-state index is 13.8. The van der Waals surface area contributed by atoms with Crippen LogP contribution in [0.1, 0.15) is 5.56 Å². The highest BCUT2D eigenvalue weighted by atomic mass is 35.5. The number of para-hydroxylation sites is 1. The molecule has 0 atom stereocenters. The first kappa shape index (κ1) is 12.5. The third kappa shape index (κ3) is 2.22. The number of aromatic nitrogens is 1. The molecule has 1 heterocycles. The smallest absolute Gasteiger partial charge is 0.129 e. The molecule has 0 amide bonds. The first-order chi connectivity index (χ1) is 9.16. The van der Waals surface area contributed by atoms with Crippen LogP contribution in [0.15, 0.2) is 48.7 Å². The van der Waals surface area contributed by atoms with E-state index >= 15 is 0 Å². The molecule has 0 N–H and O–H groups in total. The fraction of sp³-hybridized carbons (Fsp3) is 0.0667. The van der Waals surface area contributed by atoms with Gasteiger partial charge in [-0.15, -0.1) is 0 Å². The highest BCUT2D eigenvalue weighted by molar-refractivity contribution is 6.35. The fourth-order valence-corrected chi connectivity index (χ4v) is 2.71. The Hall–Kier alpha value is -1.51. The molecule has 19 heavy (non-hydrogen) atoms. The summed E-state index contributed by atoms with van der Waals surface area (Å²) in [5.41, 5.74) is 1.37. The van der Waals surface area contributed by atoms with Crippen LogP contribution in [-0.4, -0.2) is 4.57 Å². The Balaban J connectivity index is 2.12. The van der Waals surface area contributed by atoms with E-state index in [1.54, 1.807) is 12.1 Å². The van der Waals surface area contributed by atoms with Crippen molar-refractivity contribution >= 4 is 34.1 Å². The molecule has 4 heteroatoms. The van der Waals surface area contributed by atoms with Crippen molar-refractivity contribution in [3.63, 3.8) is 0 Å².